The van der Waals surface area contributed by atoms with Gasteiger partial charge in [0, 0.05) is 5.56 Å². The molecule has 0 aliphatic rings. The van der Waals surface area contributed by atoms with Crippen molar-refractivity contribution in [2.24, 2.45) is 0 Å². The predicted molar refractivity (Wildman–Crippen MR) is 110 cm³/mol. The lowest BCUT2D eigenvalue weighted by atomic mass is 9.94. The number of nitrogens with zero attached hydrogens (tertiary/aromatic N) is 3. The van der Waals surface area contributed by atoms with E-state index in [0.717, 1.165) is 21.9 Å². The zero-order valence-corrected chi connectivity index (χ0v) is 15.7. The van der Waals surface area contributed by atoms with Gasteiger partial charge in [-0.25, -0.2) is 4.68 Å². The monoisotopic (exact) mass is 385 g/mol. The average molecular weight is 386 g/mol. The fourth-order valence-corrected chi connectivity index (χ4v) is 3.61. The number of aromatic nitrogens is 2. The second kappa shape index (κ2) is 7.67. The van der Waals surface area contributed by atoms with Gasteiger partial charge in [-0.05, 0) is 21.9 Å². The van der Waals surface area contributed by atoms with Crippen molar-refractivity contribution in [3.63, 3.8) is 0 Å². The summed E-state index contributed by atoms with van der Waals surface area (Å²) in [7, 11) is 0. The van der Waals surface area contributed by atoms with Crippen LogP contribution in [0.2, 0.25) is 5.02 Å². The molecule has 0 amide bonds. The van der Waals surface area contributed by atoms with E-state index in [4.69, 9.17) is 11.6 Å². The summed E-state index contributed by atoms with van der Waals surface area (Å²) >= 11 is 6.38. The third-order valence-electron chi connectivity index (χ3n) is 4.78. The van der Waals surface area contributed by atoms with Crippen molar-refractivity contribution < 1.29 is 0 Å². The molecule has 0 saturated carbocycles. The van der Waals surface area contributed by atoms with Gasteiger partial charge >= 0.3 is 0 Å². The standard InChI is InChI=1S/C23H16ClN3O/c24-22-21(20(13-25)17-7-2-1-3-8-17)14-26-27(23(22)28)15-18-11-6-10-16-9-4-5-12-19(16)18/h1-12,14,20H,15H2. The van der Waals surface area contributed by atoms with Gasteiger partial charge in [-0.3, -0.25) is 4.79 Å². The van der Waals surface area contributed by atoms with Crippen LogP contribution >= 0.6 is 11.6 Å². The van der Waals surface area contributed by atoms with E-state index >= 15 is 0 Å². The molecule has 1 heterocycles. The summed E-state index contributed by atoms with van der Waals surface area (Å²) in [5.74, 6) is -0.638. The van der Waals surface area contributed by atoms with Crippen molar-refractivity contribution in [2.75, 3.05) is 0 Å². The minimum absolute atomic E-state index is 0.0330. The van der Waals surface area contributed by atoms with Crippen LogP contribution in [0.15, 0.2) is 83.8 Å². The van der Waals surface area contributed by atoms with E-state index in [9.17, 15) is 10.1 Å². The second-order valence-electron chi connectivity index (χ2n) is 6.49. The maximum atomic E-state index is 12.8. The van der Waals surface area contributed by atoms with Gasteiger partial charge in [0.05, 0.1) is 24.7 Å². The molecule has 4 aromatic rings. The van der Waals surface area contributed by atoms with Gasteiger partial charge in [0.25, 0.3) is 5.56 Å². The van der Waals surface area contributed by atoms with Crippen LogP contribution in [0.1, 0.15) is 22.6 Å². The number of hydrogen-bond acceptors (Lipinski definition) is 3. The maximum absolute atomic E-state index is 12.8. The van der Waals surface area contributed by atoms with Crippen molar-refractivity contribution >= 4 is 22.4 Å². The fraction of sp³-hybridized carbons (Fsp3) is 0.0870. The van der Waals surface area contributed by atoms with E-state index < -0.39 is 11.5 Å². The number of fused-ring (bicyclic) bond motifs is 1. The SMILES string of the molecule is N#CC(c1ccccc1)c1cnn(Cc2cccc3ccccc23)c(=O)c1Cl. The summed E-state index contributed by atoms with van der Waals surface area (Å²) in [4.78, 5) is 12.8. The lowest BCUT2D eigenvalue weighted by Gasteiger charge is -2.13. The molecular weight excluding hydrogens is 370 g/mol. The highest BCUT2D eigenvalue weighted by molar-refractivity contribution is 6.31. The highest BCUT2D eigenvalue weighted by Gasteiger charge is 2.20. The van der Waals surface area contributed by atoms with Crippen LogP contribution in [0, 0.1) is 11.3 Å². The molecule has 0 spiro atoms. The zero-order valence-electron chi connectivity index (χ0n) is 14.9. The van der Waals surface area contributed by atoms with E-state index in [1.807, 2.05) is 72.8 Å². The average Bonchev–Trinajstić information content (AvgIpc) is 2.74. The smallest absolute Gasteiger partial charge is 0.266 e. The zero-order chi connectivity index (χ0) is 19.5. The lowest BCUT2D eigenvalue weighted by molar-refractivity contribution is 0.636. The summed E-state index contributed by atoms with van der Waals surface area (Å²) < 4.78 is 1.34. The Morgan fingerprint density at radius 1 is 1.00 bits per heavy atom. The Kier molecular flexibility index (Phi) is 4.92. The van der Waals surface area contributed by atoms with Gasteiger partial charge in [-0.2, -0.15) is 10.4 Å². The van der Waals surface area contributed by atoms with Crippen LogP contribution < -0.4 is 5.56 Å². The van der Waals surface area contributed by atoms with Crippen molar-refractivity contribution in [3.8, 4) is 6.07 Å². The first kappa shape index (κ1) is 18.0. The van der Waals surface area contributed by atoms with Crippen molar-refractivity contribution in [1.82, 2.24) is 9.78 Å². The van der Waals surface area contributed by atoms with E-state index in [1.54, 1.807) is 0 Å². The first-order chi connectivity index (χ1) is 13.7. The molecule has 4 rings (SSSR count). The summed E-state index contributed by atoms with van der Waals surface area (Å²) in [5.41, 5.74) is 1.79. The molecule has 28 heavy (non-hydrogen) atoms. The summed E-state index contributed by atoms with van der Waals surface area (Å²) in [6.45, 7) is 0.308. The Morgan fingerprint density at radius 2 is 1.71 bits per heavy atom. The molecule has 1 unspecified atom stereocenters. The summed E-state index contributed by atoms with van der Waals surface area (Å²) in [6.07, 6.45) is 1.52. The van der Waals surface area contributed by atoms with Gasteiger partial charge < -0.3 is 0 Å². The predicted octanol–water partition coefficient (Wildman–Crippen LogP) is 4.75. The van der Waals surface area contributed by atoms with Crippen LogP contribution in [0.5, 0.6) is 0 Å². The second-order valence-corrected chi connectivity index (χ2v) is 6.87. The molecule has 0 bridgehead atoms. The molecule has 3 aromatic carbocycles. The number of halogens is 1. The molecule has 1 aromatic heterocycles. The Bertz CT molecular complexity index is 1240. The van der Waals surface area contributed by atoms with Crippen LogP contribution in [0.3, 0.4) is 0 Å². The highest BCUT2D eigenvalue weighted by atomic mass is 35.5. The topological polar surface area (TPSA) is 58.7 Å². The van der Waals surface area contributed by atoms with Crippen molar-refractivity contribution in [3.05, 3.63) is 111 Å². The third kappa shape index (κ3) is 3.28. The molecule has 0 radical (unpaired) electrons. The Morgan fingerprint density at radius 3 is 2.50 bits per heavy atom. The molecule has 1 atom stereocenters. The van der Waals surface area contributed by atoms with Gasteiger partial charge in [0.15, 0.2) is 0 Å². The molecule has 0 aliphatic carbocycles. The normalized spacial score (nSPS) is 11.9. The number of hydrogen-bond donors (Lipinski definition) is 0. The molecule has 0 aliphatic heterocycles. The van der Waals surface area contributed by atoms with Crippen LogP contribution in [0.4, 0.5) is 0 Å². The van der Waals surface area contributed by atoms with E-state index in [0.29, 0.717) is 12.1 Å². The van der Waals surface area contributed by atoms with Gasteiger partial charge in [-0.15, -0.1) is 0 Å². The largest absolute Gasteiger partial charge is 0.286 e. The molecule has 4 nitrogen and oxygen atoms in total. The van der Waals surface area contributed by atoms with Gasteiger partial charge in [0.2, 0.25) is 0 Å². The first-order valence-electron chi connectivity index (χ1n) is 8.86. The number of nitriles is 1. The molecule has 0 saturated heterocycles. The Hall–Kier alpha value is -3.42. The highest BCUT2D eigenvalue weighted by Crippen LogP contribution is 2.27. The quantitative estimate of drug-likeness (QED) is 0.509. The fourth-order valence-electron chi connectivity index (χ4n) is 3.35. The number of benzene rings is 3. The molecule has 5 heteroatoms. The van der Waals surface area contributed by atoms with Crippen molar-refractivity contribution in [2.45, 2.75) is 12.5 Å². The lowest BCUT2D eigenvalue weighted by Crippen LogP contribution is -2.25. The van der Waals surface area contributed by atoms with E-state index in [-0.39, 0.29) is 5.02 Å². The van der Waals surface area contributed by atoms with Crippen LogP contribution in [-0.2, 0) is 6.54 Å². The Balaban J connectivity index is 1.74. The number of rotatable bonds is 4. The van der Waals surface area contributed by atoms with Crippen LogP contribution in [0.25, 0.3) is 10.8 Å². The minimum Gasteiger partial charge on any atom is -0.266 e. The summed E-state index contributed by atoms with van der Waals surface area (Å²) in [6, 6.07) is 25.4. The molecular formula is C23H16ClN3O. The molecule has 136 valence electrons. The van der Waals surface area contributed by atoms with Crippen LogP contribution in [-0.4, -0.2) is 9.78 Å². The third-order valence-corrected chi connectivity index (χ3v) is 5.16. The van der Waals surface area contributed by atoms with E-state index in [2.05, 4.69) is 11.2 Å². The van der Waals surface area contributed by atoms with E-state index in [1.165, 1.54) is 10.9 Å². The van der Waals surface area contributed by atoms with Crippen molar-refractivity contribution in [1.29, 1.82) is 5.26 Å². The summed E-state index contributed by atoms with van der Waals surface area (Å²) in [5, 5.41) is 16.1. The Labute approximate surface area is 167 Å². The maximum Gasteiger partial charge on any atom is 0.286 e. The molecule has 0 N–H and O–H groups in total. The van der Waals surface area contributed by atoms with Gasteiger partial charge in [-0.1, -0.05) is 84.4 Å². The first-order valence-corrected chi connectivity index (χ1v) is 9.23. The molecule has 0 fully saturated rings. The minimum atomic E-state index is -0.638. The van der Waals surface area contributed by atoms with Gasteiger partial charge in [0.1, 0.15) is 5.02 Å².